The van der Waals surface area contributed by atoms with Crippen molar-refractivity contribution in [2.24, 2.45) is 5.92 Å². The summed E-state index contributed by atoms with van der Waals surface area (Å²) in [5.74, 6) is -0.710. The summed E-state index contributed by atoms with van der Waals surface area (Å²) in [6, 6.07) is 26.9. The maximum Gasteiger partial charge on any atom is 0.264 e. The Kier molecular flexibility index (Phi) is 11.9. The molecule has 0 saturated heterocycles. The Hall–Kier alpha value is -3.85. The van der Waals surface area contributed by atoms with Crippen LogP contribution in [-0.4, -0.2) is 44.3 Å². The summed E-state index contributed by atoms with van der Waals surface area (Å²) < 4.78 is 29.6. The number of carbonyl (C=O) groups excluding carboxylic acids is 2. The molecule has 4 aromatic carbocycles. The van der Waals surface area contributed by atoms with E-state index in [-0.39, 0.29) is 29.7 Å². The Bertz CT molecular complexity index is 1770. The number of nitrogens with zero attached hydrogens (tertiary/aromatic N) is 2. The second-order valence-corrected chi connectivity index (χ2v) is 14.3. The van der Waals surface area contributed by atoms with E-state index in [1.165, 1.54) is 17.0 Å². The van der Waals surface area contributed by atoms with Gasteiger partial charge in [-0.2, -0.15) is 0 Å². The van der Waals surface area contributed by atoms with Gasteiger partial charge in [0, 0.05) is 19.5 Å². The highest BCUT2D eigenvalue weighted by Crippen LogP contribution is 2.30. The number of nitrogens with one attached hydrogen (secondary N) is 1. The van der Waals surface area contributed by atoms with E-state index in [1.54, 1.807) is 48.5 Å². The number of hydrogen-bond acceptors (Lipinski definition) is 4. The number of benzene rings is 4. The molecular formula is C36H39Cl2N3O4S. The number of sulfonamides is 1. The van der Waals surface area contributed by atoms with Gasteiger partial charge < -0.3 is 10.2 Å². The van der Waals surface area contributed by atoms with Crippen molar-refractivity contribution in [2.75, 3.05) is 17.4 Å². The van der Waals surface area contributed by atoms with Gasteiger partial charge in [0.2, 0.25) is 11.8 Å². The molecule has 0 aliphatic heterocycles. The van der Waals surface area contributed by atoms with Crippen molar-refractivity contribution < 1.29 is 18.0 Å². The highest BCUT2D eigenvalue weighted by molar-refractivity contribution is 7.92. The monoisotopic (exact) mass is 679 g/mol. The molecule has 0 fully saturated rings. The molecule has 0 aliphatic carbocycles. The maximum absolute atomic E-state index is 14.6. The first-order valence-corrected chi connectivity index (χ1v) is 17.3. The highest BCUT2D eigenvalue weighted by Gasteiger charge is 2.35. The molecule has 1 atom stereocenters. The van der Waals surface area contributed by atoms with E-state index in [2.05, 4.69) is 5.32 Å². The summed E-state index contributed by atoms with van der Waals surface area (Å²) in [5, 5.41) is 3.65. The van der Waals surface area contributed by atoms with Gasteiger partial charge in [-0.1, -0.05) is 104 Å². The van der Waals surface area contributed by atoms with Gasteiger partial charge in [0.15, 0.2) is 0 Å². The predicted molar refractivity (Wildman–Crippen MR) is 186 cm³/mol. The molecule has 10 heteroatoms. The van der Waals surface area contributed by atoms with Crippen molar-refractivity contribution in [3.63, 3.8) is 0 Å². The van der Waals surface area contributed by atoms with Crippen LogP contribution in [0.3, 0.4) is 0 Å². The number of hydrogen-bond donors (Lipinski definition) is 1. The maximum atomic E-state index is 14.6. The molecule has 242 valence electrons. The minimum atomic E-state index is -4.19. The normalized spacial score (nSPS) is 12.1. The molecule has 2 amide bonds. The van der Waals surface area contributed by atoms with Gasteiger partial charge in [0.05, 0.1) is 20.6 Å². The fourth-order valence-electron chi connectivity index (χ4n) is 5.05. The molecule has 0 bridgehead atoms. The Balaban J connectivity index is 1.84. The third-order valence-corrected chi connectivity index (χ3v) is 10.3. The highest BCUT2D eigenvalue weighted by atomic mass is 35.5. The van der Waals surface area contributed by atoms with Gasteiger partial charge in [0.1, 0.15) is 12.6 Å². The standard InChI is InChI=1S/C36H39Cl2N3O4S/c1-25(2)22-39-36(43)34(21-28-13-7-5-8-14-28)40(23-29-18-19-31(37)32(38)20-29)35(42)24-41(33-17-11-12-26(3)27(33)4)46(44,45)30-15-9-6-10-16-30/h5-20,25,34H,21-24H2,1-4H3,(H,39,43). The smallest absolute Gasteiger partial charge is 0.264 e. The second-order valence-electron chi connectivity index (χ2n) is 11.7. The van der Waals surface area contributed by atoms with Crippen molar-refractivity contribution in [3.05, 3.63) is 129 Å². The van der Waals surface area contributed by atoms with Gasteiger partial charge in [-0.05, 0) is 72.4 Å². The SMILES string of the molecule is Cc1cccc(N(CC(=O)N(Cc2ccc(Cl)c(Cl)c2)C(Cc2ccccc2)C(=O)NCC(C)C)S(=O)(=O)c2ccccc2)c1C. The first kappa shape index (κ1) is 35.0. The molecule has 7 nitrogen and oxygen atoms in total. The molecule has 0 spiro atoms. The lowest BCUT2D eigenvalue weighted by molar-refractivity contribution is -0.140. The Morgan fingerprint density at radius 2 is 1.46 bits per heavy atom. The van der Waals surface area contributed by atoms with Crippen molar-refractivity contribution >= 4 is 50.7 Å². The zero-order valence-corrected chi connectivity index (χ0v) is 28.7. The molecule has 0 radical (unpaired) electrons. The molecule has 1 N–H and O–H groups in total. The Labute approximate surface area is 282 Å². The molecule has 1 unspecified atom stereocenters. The first-order valence-electron chi connectivity index (χ1n) is 15.1. The van der Waals surface area contributed by atoms with Crippen molar-refractivity contribution in [1.29, 1.82) is 0 Å². The molecule has 0 aliphatic rings. The molecule has 46 heavy (non-hydrogen) atoms. The zero-order chi connectivity index (χ0) is 33.4. The van der Waals surface area contributed by atoms with E-state index in [4.69, 9.17) is 23.2 Å². The Morgan fingerprint density at radius 1 is 0.804 bits per heavy atom. The van der Waals surface area contributed by atoms with Crippen LogP contribution in [0.25, 0.3) is 0 Å². The average Bonchev–Trinajstić information content (AvgIpc) is 3.04. The predicted octanol–water partition coefficient (Wildman–Crippen LogP) is 7.22. The molecule has 0 aromatic heterocycles. The average molecular weight is 681 g/mol. The first-order chi connectivity index (χ1) is 21.9. The van der Waals surface area contributed by atoms with E-state index in [0.29, 0.717) is 27.8 Å². The lowest BCUT2D eigenvalue weighted by atomic mass is 10.0. The van der Waals surface area contributed by atoms with E-state index in [9.17, 15) is 18.0 Å². The number of anilines is 1. The van der Waals surface area contributed by atoms with Gasteiger partial charge in [-0.25, -0.2) is 8.42 Å². The van der Waals surface area contributed by atoms with Crippen LogP contribution >= 0.6 is 23.2 Å². The van der Waals surface area contributed by atoms with E-state index < -0.39 is 28.5 Å². The molecule has 4 aromatic rings. The quantitative estimate of drug-likeness (QED) is 0.162. The van der Waals surface area contributed by atoms with Crippen LogP contribution in [0.15, 0.2) is 102 Å². The van der Waals surface area contributed by atoms with Gasteiger partial charge in [-0.15, -0.1) is 0 Å². The Morgan fingerprint density at radius 3 is 2.09 bits per heavy atom. The topological polar surface area (TPSA) is 86.8 Å². The lowest BCUT2D eigenvalue weighted by Crippen LogP contribution is -2.53. The number of rotatable bonds is 13. The fourth-order valence-corrected chi connectivity index (χ4v) is 6.86. The van der Waals surface area contributed by atoms with E-state index in [1.807, 2.05) is 64.1 Å². The van der Waals surface area contributed by atoms with E-state index >= 15 is 0 Å². The second kappa shape index (κ2) is 15.6. The van der Waals surface area contributed by atoms with Gasteiger partial charge in [0.25, 0.3) is 10.0 Å². The van der Waals surface area contributed by atoms with Gasteiger partial charge in [-0.3, -0.25) is 13.9 Å². The largest absolute Gasteiger partial charge is 0.354 e. The van der Waals surface area contributed by atoms with Crippen LogP contribution in [-0.2, 0) is 32.6 Å². The van der Waals surface area contributed by atoms with Crippen LogP contribution in [0.4, 0.5) is 5.69 Å². The molecule has 0 saturated carbocycles. The summed E-state index contributed by atoms with van der Waals surface area (Å²) in [4.78, 5) is 30.0. The minimum Gasteiger partial charge on any atom is -0.354 e. The summed E-state index contributed by atoms with van der Waals surface area (Å²) in [6.45, 7) is 7.56. The molecular weight excluding hydrogens is 641 g/mol. The van der Waals surface area contributed by atoms with Gasteiger partial charge >= 0.3 is 0 Å². The number of amides is 2. The third kappa shape index (κ3) is 8.69. The number of halogens is 2. The van der Waals surface area contributed by atoms with Crippen LogP contribution in [0.5, 0.6) is 0 Å². The minimum absolute atomic E-state index is 0.00561. The number of aryl methyl sites for hydroxylation is 1. The third-order valence-electron chi connectivity index (χ3n) is 7.75. The summed E-state index contributed by atoms with van der Waals surface area (Å²) in [7, 11) is -4.19. The lowest BCUT2D eigenvalue weighted by Gasteiger charge is -2.34. The van der Waals surface area contributed by atoms with E-state index in [0.717, 1.165) is 21.0 Å². The summed E-state index contributed by atoms with van der Waals surface area (Å²) in [6.07, 6.45) is 0.215. The van der Waals surface area contributed by atoms with Crippen molar-refractivity contribution in [1.82, 2.24) is 10.2 Å². The van der Waals surface area contributed by atoms with Crippen LogP contribution in [0, 0.1) is 19.8 Å². The van der Waals surface area contributed by atoms with Crippen LogP contribution in [0.2, 0.25) is 10.0 Å². The van der Waals surface area contributed by atoms with Crippen molar-refractivity contribution in [3.8, 4) is 0 Å². The molecule has 4 rings (SSSR count). The zero-order valence-electron chi connectivity index (χ0n) is 26.4. The number of carbonyl (C=O) groups is 2. The summed E-state index contributed by atoms with van der Waals surface area (Å²) in [5.41, 5.74) is 3.47. The van der Waals surface area contributed by atoms with Crippen LogP contribution in [0.1, 0.15) is 36.1 Å². The molecule has 0 heterocycles. The van der Waals surface area contributed by atoms with Crippen molar-refractivity contribution in [2.45, 2.75) is 51.6 Å². The fraction of sp³-hybridized carbons (Fsp3) is 0.278. The summed E-state index contributed by atoms with van der Waals surface area (Å²) >= 11 is 12.5. The van der Waals surface area contributed by atoms with Crippen LogP contribution < -0.4 is 9.62 Å².